The van der Waals surface area contributed by atoms with E-state index in [1.165, 1.54) is 0 Å². The summed E-state index contributed by atoms with van der Waals surface area (Å²) in [6.07, 6.45) is 7.83. The van der Waals surface area contributed by atoms with Gasteiger partial charge >= 0.3 is 0 Å². The van der Waals surface area contributed by atoms with Crippen molar-refractivity contribution in [1.29, 1.82) is 0 Å². The highest BCUT2D eigenvalue weighted by atomic mass is 35.5. The van der Waals surface area contributed by atoms with Gasteiger partial charge in [0, 0.05) is 5.03 Å². The van der Waals surface area contributed by atoms with Gasteiger partial charge in [0.25, 0.3) is 0 Å². The first kappa shape index (κ1) is 10.5. The number of allylic oxidation sites excluding steroid dienone is 5. The van der Waals surface area contributed by atoms with Gasteiger partial charge in [-0.2, -0.15) is 0 Å². The van der Waals surface area contributed by atoms with Crippen LogP contribution in [0.4, 0.5) is 0 Å². The Balaban J connectivity index is 3.96. The second-order valence-corrected chi connectivity index (χ2v) is 2.87. The fourth-order valence-electron chi connectivity index (χ4n) is 0.796. The first-order valence-electron chi connectivity index (χ1n) is 3.88. The summed E-state index contributed by atoms with van der Waals surface area (Å²) in [6, 6.07) is 0. The highest BCUT2D eigenvalue weighted by Gasteiger charge is 1.88. The summed E-state index contributed by atoms with van der Waals surface area (Å²) in [5.74, 6) is 0. The molecule has 0 saturated heterocycles. The van der Waals surface area contributed by atoms with E-state index in [0.29, 0.717) is 0 Å². The van der Waals surface area contributed by atoms with Gasteiger partial charge in [-0.1, -0.05) is 43.2 Å². The van der Waals surface area contributed by atoms with Gasteiger partial charge in [0.2, 0.25) is 0 Å². The third kappa shape index (κ3) is 5.93. The van der Waals surface area contributed by atoms with E-state index in [9.17, 15) is 0 Å². The molecule has 0 aliphatic carbocycles. The predicted molar refractivity (Wildman–Crippen MR) is 52.8 cm³/mol. The maximum absolute atomic E-state index is 5.83. The minimum absolute atomic E-state index is 0.756. The van der Waals surface area contributed by atoms with Gasteiger partial charge in [-0.25, -0.2) is 0 Å². The molecule has 0 aromatic carbocycles. The van der Waals surface area contributed by atoms with Crippen molar-refractivity contribution in [2.45, 2.75) is 26.7 Å². The van der Waals surface area contributed by atoms with Gasteiger partial charge in [-0.05, 0) is 25.5 Å². The molecule has 0 atom stereocenters. The van der Waals surface area contributed by atoms with Gasteiger partial charge < -0.3 is 0 Å². The maximum Gasteiger partial charge on any atom is 0.0405 e. The third-order valence-corrected chi connectivity index (χ3v) is 1.47. The van der Waals surface area contributed by atoms with Gasteiger partial charge in [0.05, 0.1) is 0 Å². The van der Waals surface area contributed by atoms with Crippen LogP contribution < -0.4 is 0 Å². The highest BCUT2D eigenvalue weighted by Crippen LogP contribution is 2.10. The average Bonchev–Trinajstić information content (AvgIpc) is 1.87. The Bertz CT molecular complexity index is 175. The van der Waals surface area contributed by atoms with E-state index < -0.39 is 0 Å². The fourth-order valence-corrected chi connectivity index (χ4v) is 1.08. The van der Waals surface area contributed by atoms with Crippen LogP contribution in [0.3, 0.4) is 0 Å². The van der Waals surface area contributed by atoms with Crippen LogP contribution in [0.2, 0.25) is 0 Å². The summed E-state index contributed by atoms with van der Waals surface area (Å²) in [4.78, 5) is 0. The van der Waals surface area contributed by atoms with Gasteiger partial charge in [0.1, 0.15) is 0 Å². The summed E-state index contributed by atoms with van der Waals surface area (Å²) in [5.41, 5.74) is 1.09. The molecule has 0 radical (unpaired) electrons. The van der Waals surface area contributed by atoms with Crippen LogP contribution in [0, 0.1) is 0 Å². The van der Waals surface area contributed by atoms with Crippen molar-refractivity contribution in [1.82, 2.24) is 0 Å². The van der Waals surface area contributed by atoms with Gasteiger partial charge in [-0.3, -0.25) is 0 Å². The summed E-state index contributed by atoms with van der Waals surface area (Å²) in [6.45, 7) is 7.94. The van der Waals surface area contributed by atoms with Gasteiger partial charge in [-0.15, -0.1) is 0 Å². The quantitative estimate of drug-likeness (QED) is 0.559. The molecule has 0 aliphatic rings. The lowest BCUT2D eigenvalue weighted by atomic mass is 10.1. The van der Waals surface area contributed by atoms with Crippen LogP contribution in [0.5, 0.6) is 0 Å². The molecule has 0 heterocycles. The number of halogens is 1. The Hall–Kier alpha value is -0.490. The molecule has 1 heteroatoms. The molecule has 0 saturated carbocycles. The largest absolute Gasteiger partial charge is 0.0958 e. The predicted octanol–water partition coefficient (Wildman–Crippen LogP) is 4.04. The zero-order valence-corrected chi connectivity index (χ0v) is 7.99. The summed E-state index contributed by atoms with van der Waals surface area (Å²) in [7, 11) is 0. The molecule has 0 spiro atoms. The normalized spacial score (nSPS) is 12.5. The molecule has 0 aliphatic heterocycles. The van der Waals surface area contributed by atoms with Crippen LogP contribution in [0.1, 0.15) is 26.7 Å². The molecular weight excluding hydrogens is 156 g/mol. The van der Waals surface area contributed by atoms with E-state index in [2.05, 4.69) is 13.5 Å². The van der Waals surface area contributed by atoms with E-state index in [4.69, 9.17) is 11.6 Å². The molecular formula is C10H15Cl. The second-order valence-electron chi connectivity index (χ2n) is 2.44. The van der Waals surface area contributed by atoms with Crippen molar-refractivity contribution >= 4 is 11.6 Å². The Morgan fingerprint density at radius 1 is 1.55 bits per heavy atom. The lowest BCUT2D eigenvalue weighted by molar-refractivity contribution is 0.929. The average molecular weight is 171 g/mol. The molecule has 11 heavy (non-hydrogen) atoms. The fraction of sp³-hybridized carbons (Fsp3) is 0.400. The number of rotatable bonds is 4. The monoisotopic (exact) mass is 170 g/mol. The maximum atomic E-state index is 5.83. The minimum Gasteiger partial charge on any atom is -0.0958 e. The molecule has 0 unspecified atom stereocenters. The second kappa shape index (κ2) is 6.23. The molecule has 0 aromatic heterocycles. The lowest BCUT2D eigenvalue weighted by Crippen LogP contribution is -1.74. The molecule has 62 valence electrons. The Labute approximate surface area is 74.3 Å². The summed E-state index contributed by atoms with van der Waals surface area (Å²) in [5, 5.41) is 0.756. The van der Waals surface area contributed by atoms with E-state index in [0.717, 1.165) is 23.4 Å². The van der Waals surface area contributed by atoms with Crippen molar-refractivity contribution in [3.8, 4) is 0 Å². The van der Waals surface area contributed by atoms with Crippen LogP contribution in [0.15, 0.2) is 35.4 Å². The van der Waals surface area contributed by atoms with Crippen molar-refractivity contribution in [3.05, 3.63) is 35.4 Å². The topological polar surface area (TPSA) is 0 Å². The standard InChI is InChI=1S/C10H15Cl/c1-4-6-9(3)8-10(11)7-5-2/h5,7-8H,3-4,6H2,1-2H3. The highest BCUT2D eigenvalue weighted by molar-refractivity contribution is 6.31. The van der Waals surface area contributed by atoms with Crippen LogP contribution in [-0.2, 0) is 0 Å². The molecule has 0 aromatic rings. The minimum atomic E-state index is 0.756. The van der Waals surface area contributed by atoms with E-state index in [1.807, 2.05) is 25.2 Å². The zero-order valence-electron chi connectivity index (χ0n) is 7.23. The Morgan fingerprint density at radius 2 is 2.18 bits per heavy atom. The SMILES string of the molecule is C=C(C=C(Cl)C=CC)CCC. The Morgan fingerprint density at radius 3 is 2.64 bits per heavy atom. The van der Waals surface area contributed by atoms with Crippen LogP contribution in [-0.4, -0.2) is 0 Å². The van der Waals surface area contributed by atoms with Crippen LogP contribution >= 0.6 is 11.6 Å². The van der Waals surface area contributed by atoms with Crippen molar-refractivity contribution in [2.75, 3.05) is 0 Å². The molecule has 0 fully saturated rings. The van der Waals surface area contributed by atoms with E-state index >= 15 is 0 Å². The summed E-state index contributed by atoms with van der Waals surface area (Å²) < 4.78 is 0. The van der Waals surface area contributed by atoms with Crippen molar-refractivity contribution < 1.29 is 0 Å². The first-order valence-corrected chi connectivity index (χ1v) is 4.26. The lowest BCUT2D eigenvalue weighted by Gasteiger charge is -1.95. The molecule has 0 bridgehead atoms. The number of hydrogen-bond donors (Lipinski definition) is 0. The number of hydrogen-bond acceptors (Lipinski definition) is 0. The van der Waals surface area contributed by atoms with Crippen molar-refractivity contribution in [2.24, 2.45) is 0 Å². The van der Waals surface area contributed by atoms with Crippen LogP contribution in [0.25, 0.3) is 0 Å². The van der Waals surface area contributed by atoms with Crippen molar-refractivity contribution in [3.63, 3.8) is 0 Å². The summed E-state index contributed by atoms with van der Waals surface area (Å²) >= 11 is 5.83. The molecule has 0 N–H and O–H groups in total. The smallest absolute Gasteiger partial charge is 0.0405 e. The molecule has 0 nitrogen and oxygen atoms in total. The first-order chi connectivity index (χ1) is 5.20. The third-order valence-electron chi connectivity index (χ3n) is 1.24. The van der Waals surface area contributed by atoms with Gasteiger partial charge in [0.15, 0.2) is 0 Å². The Kier molecular flexibility index (Phi) is 5.96. The molecule has 0 rings (SSSR count). The molecule has 0 amide bonds. The van der Waals surface area contributed by atoms with E-state index in [-0.39, 0.29) is 0 Å². The zero-order chi connectivity index (χ0) is 8.69. The van der Waals surface area contributed by atoms with E-state index in [1.54, 1.807) is 0 Å².